The molecule has 1 amide bonds. The summed E-state index contributed by atoms with van der Waals surface area (Å²) in [6, 6.07) is 6.06. The zero-order valence-corrected chi connectivity index (χ0v) is 17.4. The number of benzene rings is 1. The summed E-state index contributed by atoms with van der Waals surface area (Å²) < 4.78 is 0.954. The molecule has 1 aromatic heterocycles. The van der Waals surface area contributed by atoms with Crippen molar-refractivity contribution >= 4 is 29.0 Å². The number of halogens is 1. The van der Waals surface area contributed by atoms with Gasteiger partial charge in [0.15, 0.2) is 11.8 Å². The van der Waals surface area contributed by atoms with Gasteiger partial charge in [0.25, 0.3) is 17.2 Å². The van der Waals surface area contributed by atoms with E-state index in [-0.39, 0.29) is 16.3 Å². The molecule has 1 atom stereocenters. The van der Waals surface area contributed by atoms with E-state index in [4.69, 9.17) is 11.6 Å². The molecule has 0 spiro atoms. The first kappa shape index (κ1) is 23.3. The second-order valence-electron chi connectivity index (χ2n) is 6.87. The third-order valence-electron chi connectivity index (χ3n) is 4.60. The van der Waals surface area contributed by atoms with Gasteiger partial charge >= 0.3 is 0 Å². The van der Waals surface area contributed by atoms with E-state index in [1.807, 2.05) is 0 Å². The highest BCUT2D eigenvalue weighted by Gasteiger charge is 2.31. The van der Waals surface area contributed by atoms with Crippen LogP contribution in [0.2, 0.25) is 5.02 Å². The predicted octanol–water partition coefficient (Wildman–Crippen LogP) is 3.92. The second-order valence-corrected chi connectivity index (χ2v) is 7.31. The van der Waals surface area contributed by atoms with Crippen molar-refractivity contribution in [2.75, 3.05) is 6.54 Å². The Bertz CT molecular complexity index is 973. The highest BCUT2D eigenvalue weighted by atomic mass is 35.5. The number of nitrogens with zero attached hydrogens (tertiary/aromatic N) is 2. The van der Waals surface area contributed by atoms with E-state index in [0.29, 0.717) is 6.54 Å². The monoisotopic (exact) mass is 433 g/mol. The standard InChI is InChI=1S/C21H24ClN3O5/c1-2-3-4-5-6-12-23-21(28)19(24-14-16(22)10-11-18(24)26)20(27)15-8-7-9-17(13-15)25(29)30/h7-11,13-14,19H,2-6,12H2,1H3,(H,23,28). The quantitative estimate of drug-likeness (QED) is 0.190. The summed E-state index contributed by atoms with van der Waals surface area (Å²) in [7, 11) is 0. The molecule has 0 saturated carbocycles. The maximum Gasteiger partial charge on any atom is 0.270 e. The largest absolute Gasteiger partial charge is 0.354 e. The molecular weight excluding hydrogens is 410 g/mol. The molecule has 9 heteroatoms. The number of aromatic nitrogens is 1. The summed E-state index contributed by atoms with van der Waals surface area (Å²) in [6.45, 7) is 2.46. The summed E-state index contributed by atoms with van der Waals surface area (Å²) in [4.78, 5) is 48.7. The number of unbranched alkanes of at least 4 members (excludes halogenated alkanes) is 4. The summed E-state index contributed by atoms with van der Waals surface area (Å²) in [5, 5.41) is 13.9. The van der Waals surface area contributed by atoms with E-state index in [1.165, 1.54) is 30.5 Å². The zero-order valence-electron chi connectivity index (χ0n) is 16.7. The highest BCUT2D eigenvalue weighted by Crippen LogP contribution is 2.20. The number of nitro benzene ring substituents is 1. The molecule has 160 valence electrons. The van der Waals surface area contributed by atoms with Gasteiger partial charge in [-0.05, 0) is 12.5 Å². The fraction of sp³-hybridized carbons (Fsp3) is 0.381. The molecular formula is C21H24ClN3O5. The maximum absolute atomic E-state index is 13.1. The third kappa shape index (κ3) is 6.25. The third-order valence-corrected chi connectivity index (χ3v) is 4.82. The minimum Gasteiger partial charge on any atom is -0.354 e. The fourth-order valence-electron chi connectivity index (χ4n) is 3.02. The number of hydrogen-bond acceptors (Lipinski definition) is 5. The van der Waals surface area contributed by atoms with Crippen molar-refractivity contribution in [2.45, 2.75) is 45.1 Å². The number of ketones is 1. The summed E-state index contributed by atoms with van der Waals surface area (Å²) in [5.74, 6) is -1.39. The Labute approximate surface area is 179 Å². The van der Waals surface area contributed by atoms with Crippen LogP contribution in [0.25, 0.3) is 0 Å². The van der Waals surface area contributed by atoms with E-state index < -0.39 is 28.2 Å². The number of carbonyl (C=O) groups is 2. The minimum absolute atomic E-state index is 0.0424. The van der Waals surface area contributed by atoms with Crippen molar-refractivity contribution < 1.29 is 14.5 Å². The normalized spacial score (nSPS) is 11.7. The lowest BCUT2D eigenvalue weighted by Crippen LogP contribution is -2.41. The molecule has 0 aliphatic heterocycles. The Balaban J connectivity index is 2.30. The van der Waals surface area contributed by atoms with Crippen LogP contribution < -0.4 is 10.9 Å². The highest BCUT2D eigenvalue weighted by molar-refractivity contribution is 6.30. The van der Waals surface area contributed by atoms with Crippen LogP contribution in [0.1, 0.15) is 55.4 Å². The van der Waals surface area contributed by atoms with Crippen molar-refractivity contribution in [1.82, 2.24) is 9.88 Å². The van der Waals surface area contributed by atoms with Crippen LogP contribution in [0.15, 0.2) is 47.4 Å². The van der Waals surface area contributed by atoms with Crippen molar-refractivity contribution in [3.63, 3.8) is 0 Å². The number of nitro groups is 1. The first-order chi connectivity index (χ1) is 14.3. The second kappa shape index (κ2) is 11.3. The Morgan fingerprint density at radius 2 is 1.90 bits per heavy atom. The number of hydrogen-bond donors (Lipinski definition) is 1. The molecule has 30 heavy (non-hydrogen) atoms. The number of nitrogens with one attached hydrogen (secondary N) is 1. The van der Waals surface area contributed by atoms with Crippen LogP contribution in [-0.2, 0) is 4.79 Å². The molecule has 0 fully saturated rings. The summed E-state index contributed by atoms with van der Waals surface area (Å²) in [6.07, 6.45) is 6.16. The van der Waals surface area contributed by atoms with Gasteiger partial charge < -0.3 is 5.32 Å². The van der Waals surface area contributed by atoms with Crippen LogP contribution in [-0.4, -0.2) is 27.7 Å². The SMILES string of the molecule is CCCCCCCNC(=O)C(C(=O)c1cccc([N+](=O)[O-])c1)n1cc(Cl)ccc1=O. The molecule has 2 rings (SSSR count). The topological polar surface area (TPSA) is 111 Å². The molecule has 1 N–H and O–H groups in total. The number of pyridine rings is 1. The van der Waals surface area contributed by atoms with Crippen LogP contribution in [0.3, 0.4) is 0 Å². The average Bonchev–Trinajstić information content (AvgIpc) is 2.73. The number of non-ortho nitro benzene ring substituents is 1. The maximum atomic E-state index is 13.1. The Kier molecular flexibility index (Phi) is 8.73. The Morgan fingerprint density at radius 1 is 1.17 bits per heavy atom. The van der Waals surface area contributed by atoms with E-state index in [9.17, 15) is 24.5 Å². The van der Waals surface area contributed by atoms with E-state index in [2.05, 4.69) is 12.2 Å². The Hall–Kier alpha value is -3.00. The summed E-state index contributed by atoms with van der Waals surface area (Å²) in [5.41, 5.74) is -0.908. The first-order valence-electron chi connectivity index (χ1n) is 9.79. The van der Waals surface area contributed by atoms with Gasteiger partial charge in [-0.3, -0.25) is 29.1 Å². The van der Waals surface area contributed by atoms with Crippen molar-refractivity contribution in [3.05, 3.63) is 73.6 Å². The van der Waals surface area contributed by atoms with Gasteiger partial charge in [-0.2, -0.15) is 0 Å². The van der Waals surface area contributed by atoms with Gasteiger partial charge in [-0.25, -0.2) is 0 Å². The van der Waals surface area contributed by atoms with Gasteiger partial charge in [0.05, 0.1) is 9.95 Å². The van der Waals surface area contributed by atoms with Crippen molar-refractivity contribution in [3.8, 4) is 0 Å². The Morgan fingerprint density at radius 3 is 2.60 bits per heavy atom. The van der Waals surface area contributed by atoms with Crippen LogP contribution >= 0.6 is 11.6 Å². The molecule has 0 radical (unpaired) electrons. The molecule has 1 aromatic carbocycles. The lowest BCUT2D eigenvalue weighted by atomic mass is 10.0. The van der Waals surface area contributed by atoms with E-state index in [0.717, 1.165) is 48.8 Å². The number of amides is 1. The molecule has 1 heterocycles. The predicted molar refractivity (Wildman–Crippen MR) is 114 cm³/mol. The molecule has 2 aromatic rings. The van der Waals surface area contributed by atoms with Crippen LogP contribution in [0.5, 0.6) is 0 Å². The minimum atomic E-state index is -1.52. The van der Waals surface area contributed by atoms with Gasteiger partial charge in [-0.15, -0.1) is 0 Å². The molecule has 0 aliphatic rings. The average molecular weight is 434 g/mol. The lowest BCUT2D eigenvalue weighted by Gasteiger charge is -2.19. The summed E-state index contributed by atoms with van der Waals surface area (Å²) >= 11 is 5.97. The molecule has 8 nitrogen and oxygen atoms in total. The first-order valence-corrected chi connectivity index (χ1v) is 10.2. The van der Waals surface area contributed by atoms with Gasteiger partial charge in [0.2, 0.25) is 0 Å². The van der Waals surface area contributed by atoms with Gasteiger partial charge in [0.1, 0.15) is 0 Å². The zero-order chi connectivity index (χ0) is 22.1. The van der Waals surface area contributed by atoms with Crippen LogP contribution in [0.4, 0.5) is 5.69 Å². The molecule has 0 aliphatic carbocycles. The lowest BCUT2D eigenvalue weighted by molar-refractivity contribution is -0.384. The molecule has 0 saturated heterocycles. The van der Waals surface area contributed by atoms with Gasteiger partial charge in [0, 0.05) is 36.5 Å². The van der Waals surface area contributed by atoms with E-state index >= 15 is 0 Å². The smallest absolute Gasteiger partial charge is 0.270 e. The number of carbonyl (C=O) groups excluding carboxylic acids is 2. The number of rotatable bonds is 11. The molecule has 0 bridgehead atoms. The number of Topliss-reactive ketones (excluding diaryl/α,β-unsaturated/α-hetero) is 1. The van der Waals surface area contributed by atoms with Gasteiger partial charge in [-0.1, -0.05) is 56.3 Å². The van der Waals surface area contributed by atoms with Crippen molar-refractivity contribution in [1.29, 1.82) is 0 Å². The van der Waals surface area contributed by atoms with Crippen molar-refractivity contribution in [2.24, 2.45) is 0 Å². The van der Waals surface area contributed by atoms with Crippen LogP contribution in [0, 0.1) is 10.1 Å². The van der Waals surface area contributed by atoms with E-state index in [1.54, 1.807) is 0 Å². The fourth-order valence-corrected chi connectivity index (χ4v) is 3.19. The molecule has 1 unspecified atom stereocenters.